The molecule has 0 spiro atoms. The Bertz CT molecular complexity index is 937. The number of esters is 1. The van der Waals surface area contributed by atoms with Crippen molar-refractivity contribution in [1.29, 1.82) is 0 Å². The van der Waals surface area contributed by atoms with Gasteiger partial charge in [0, 0.05) is 28.8 Å². The molecule has 7 nitrogen and oxygen atoms in total. The maximum atomic E-state index is 12.5. The van der Waals surface area contributed by atoms with Crippen molar-refractivity contribution in [1.82, 2.24) is 0 Å². The Morgan fingerprint density at radius 2 is 1.80 bits per heavy atom. The molecule has 1 aliphatic heterocycles. The molecule has 0 unspecified atom stereocenters. The van der Waals surface area contributed by atoms with Crippen molar-refractivity contribution >= 4 is 45.2 Å². The standard InChI is InChI=1S/C22H23BrN2O5/c1-2-30-22(29)15-9-11-25(12-10-15)17-7-8-19(18(13-17)21(27)28)24-20(26)14-3-5-16(23)6-4-14/h3-8,13,15H,2,9-12H2,1H3,(H,24,26)(H,27,28). The Morgan fingerprint density at radius 3 is 2.40 bits per heavy atom. The minimum Gasteiger partial charge on any atom is -0.478 e. The highest BCUT2D eigenvalue weighted by Crippen LogP contribution is 2.28. The van der Waals surface area contributed by atoms with Crippen LogP contribution in [0.5, 0.6) is 0 Å². The van der Waals surface area contributed by atoms with Crippen LogP contribution in [0.25, 0.3) is 0 Å². The zero-order chi connectivity index (χ0) is 21.7. The molecule has 0 atom stereocenters. The molecule has 2 aromatic carbocycles. The highest BCUT2D eigenvalue weighted by Gasteiger charge is 2.27. The minimum atomic E-state index is -1.12. The lowest BCUT2D eigenvalue weighted by molar-refractivity contribution is -0.148. The van der Waals surface area contributed by atoms with Crippen molar-refractivity contribution in [3.63, 3.8) is 0 Å². The summed E-state index contributed by atoms with van der Waals surface area (Å²) in [5, 5.41) is 12.3. The molecule has 0 saturated carbocycles. The van der Waals surface area contributed by atoms with Gasteiger partial charge in [0.15, 0.2) is 0 Å². The van der Waals surface area contributed by atoms with Crippen LogP contribution in [-0.2, 0) is 9.53 Å². The Labute approximate surface area is 183 Å². The van der Waals surface area contributed by atoms with E-state index in [1.807, 2.05) is 4.90 Å². The lowest BCUT2D eigenvalue weighted by atomic mass is 9.96. The van der Waals surface area contributed by atoms with Gasteiger partial charge >= 0.3 is 11.9 Å². The van der Waals surface area contributed by atoms with Crippen molar-refractivity contribution in [2.24, 2.45) is 5.92 Å². The maximum absolute atomic E-state index is 12.5. The third-order valence-corrected chi connectivity index (χ3v) is 5.60. The third-order valence-electron chi connectivity index (χ3n) is 5.07. The Hall–Kier alpha value is -2.87. The molecule has 1 amide bonds. The second kappa shape index (κ2) is 9.75. The number of halogens is 1. The van der Waals surface area contributed by atoms with Crippen LogP contribution in [0.4, 0.5) is 11.4 Å². The molecule has 0 radical (unpaired) electrons. The molecule has 0 aromatic heterocycles. The summed E-state index contributed by atoms with van der Waals surface area (Å²) in [6, 6.07) is 11.8. The predicted octanol–water partition coefficient (Wildman–Crippen LogP) is 4.18. The number of aromatic carboxylic acids is 1. The number of hydrogen-bond acceptors (Lipinski definition) is 5. The van der Waals surface area contributed by atoms with Gasteiger partial charge in [-0.15, -0.1) is 0 Å². The maximum Gasteiger partial charge on any atom is 0.337 e. The van der Waals surface area contributed by atoms with Gasteiger partial charge in [-0.3, -0.25) is 9.59 Å². The van der Waals surface area contributed by atoms with Crippen LogP contribution < -0.4 is 10.2 Å². The van der Waals surface area contributed by atoms with Gasteiger partial charge in [0.1, 0.15) is 0 Å². The number of benzene rings is 2. The average molecular weight is 475 g/mol. The zero-order valence-electron chi connectivity index (χ0n) is 16.6. The first-order valence-corrected chi connectivity index (χ1v) is 10.5. The van der Waals surface area contributed by atoms with Gasteiger partial charge in [0.2, 0.25) is 0 Å². The number of anilines is 2. The van der Waals surface area contributed by atoms with Gasteiger partial charge in [-0.2, -0.15) is 0 Å². The van der Waals surface area contributed by atoms with Gasteiger partial charge in [0.25, 0.3) is 5.91 Å². The largest absolute Gasteiger partial charge is 0.478 e. The molecule has 0 aliphatic carbocycles. The summed E-state index contributed by atoms with van der Waals surface area (Å²) in [6.07, 6.45) is 1.31. The highest BCUT2D eigenvalue weighted by molar-refractivity contribution is 9.10. The number of carbonyl (C=O) groups excluding carboxylic acids is 2. The van der Waals surface area contributed by atoms with Crippen molar-refractivity contribution in [2.45, 2.75) is 19.8 Å². The van der Waals surface area contributed by atoms with Crippen LogP contribution in [0, 0.1) is 5.92 Å². The number of nitrogens with zero attached hydrogens (tertiary/aromatic N) is 1. The predicted molar refractivity (Wildman–Crippen MR) is 117 cm³/mol. The number of hydrogen-bond donors (Lipinski definition) is 2. The molecule has 30 heavy (non-hydrogen) atoms. The average Bonchev–Trinajstić information content (AvgIpc) is 2.74. The van der Waals surface area contributed by atoms with Crippen LogP contribution in [0.3, 0.4) is 0 Å². The smallest absolute Gasteiger partial charge is 0.337 e. The van der Waals surface area contributed by atoms with E-state index in [4.69, 9.17) is 4.74 Å². The summed E-state index contributed by atoms with van der Waals surface area (Å²) in [6.45, 7) is 3.42. The fourth-order valence-electron chi connectivity index (χ4n) is 3.44. The van der Waals surface area contributed by atoms with Crippen LogP contribution in [0.1, 0.15) is 40.5 Å². The first-order valence-electron chi connectivity index (χ1n) is 9.75. The Morgan fingerprint density at radius 1 is 1.13 bits per heavy atom. The Kier molecular flexibility index (Phi) is 7.10. The minimum absolute atomic E-state index is 0.0190. The quantitative estimate of drug-likeness (QED) is 0.609. The fraction of sp³-hybridized carbons (Fsp3) is 0.318. The molecule has 158 valence electrons. The molecule has 2 aromatic rings. The van der Waals surface area contributed by atoms with Gasteiger partial charge in [0.05, 0.1) is 23.8 Å². The van der Waals surface area contributed by atoms with Crippen LogP contribution in [-0.4, -0.2) is 42.6 Å². The monoisotopic (exact) mass is 474 g/mol. The van der Waals surface area contributed by atoms with E-state index >= 15 is 0 Å². The summed E-state index contributed by atoms with van der Waals surface area (Å²) >= 11 is 3.32. The summed E-state index contributed by atoms with van der Waals surface area (Å²) < 4.78 is 5.94. The topological polar surface area (TPSA) is 95.9 Å². The molecule has 3 rings (SSSR count). The summed E-state index contributed by atoms with van der Waals surface area (Å²) in [7, 11) is 0. The van der Waals surface area contributed by atoms with Crippen molar-refractivity contribution in [3.05, 3.63) is 58.1 Å². The van der Waals surface area contributed by atoms with Crippen molar-refractivity contribution < 1.29 is 24.2 Å². The number of ether oxygens (including phenoxy) is 1. The van der Waals surface area contributed by atoms with Gasteiger partial charge in [-0.25, -0.2) is 4.79 Å². The molecule has 1 aliphatic rings. The fourth-order valence-corrected chi connectivity index (χ4v) is 3.71. The van der Waals surface area contributed by atoms with E-state index < -0.39 is 5.97 Å². The number of piperidine rings is 1. The summed E-state index contributed by atoms with van der Waals surface area (Å²) in [4.78, 5) is 38.2. The number of carboxylic acid groups (broad SMARTS) is 1. The summed E-state index contributed by atoms with van der Waals surface area (Å²) in [5.74, 6) is -1.80. The van der Waals surface area contributed by atoms with Gasteiger partial charge in [-0.05, 0) is 62.2 Å². The number of amides is 1. The van der Waals surface area contributed by atoms with Crippen LogP contribution in [0.2, 0.25) is 0 Å². The molecule has 1 heterocycles. The molecular formula is C22H23BrN2O5. The molecular weight excluding hydrogens is 452 g/mol. The second-order valence-electron chi connectivity index (χ2n) is 7.01. The lowest BCUT2D eigenvalue weighted by Crippen LogP contribution is -2.37. The molecule has 8 heteroatoms. The normalized spacial score (nSPS) is 14.3. The zero-order valence-corrected chi connectivity index (χ0v) is 18.1. The van der Waals surface area contributed by atoms with E-state index in [0.29, 0.717) is 38.1 Å². The SMILES string of the molecule is CCOC(=O)C1CCN(c2ccc(NC(=O)c3ccc(Br)cc3)c(C(=O)O)c2)CC1. The molecule has 0 bridgehead atoms. The highest BCUT2D eigenvalue weighted by atomic mass is 79.9. The first kappa shape index (κ1) is 21.8. The van der Waals surface area contributed by atoms with Crippen LogP contribution in [0.15, 0.2) is 46.9 Å². The number of nitrogens with one attached hydrogen (secondary N) is 1. The Balaban J connectivity index is 1.73. The number of rotatable bonds is 6. The molecule has 2 N–H and O–H groups in total. The lowest BCUT2D eigenvalue weighted by Gasteiger charge is -2.32. The second-order valence-corrected chi connectivity index (χ2v) is 7.93. The van der Waals surface area contributed by atoms with E-state index in [1.165, 1.54) is 0 Å². The molecule has 1 fully saturated rings. The van der Waals surface area contributed by atoms with E-state index in [2.05, 4.69) is 21.2 Å². The number of carbonyl (C=O) groups is 3. The van der Waals surface area contributed by atoms with Gasteiger partial charge in [-0.1, -0.05) is 15.9 Å². The van der Waals surface area contributed by atoms with Crippen molar-refractivity contribution in [3.8, 4) is 0 Å². The van der Waals surface area contributed by atoms with E-state index in [-0.39, 0.29) is 29.0 Å². The van der Waals surface area contributed by atoms with Crippen molar-refractivity contribution in [2.75, 3.05) is 29.9 Å². The van der Waals surface area contributed by atoms with E-state index in [0.717, 1.165) is 10.2 Å². The molecule has 1 saturated heterocycles. The summed E-state index contributed by atoms with van der Waals surface area (Å²) in [5.41, 5.74) is 1.43. The van der Waals surface area contributed by atoms with E-state index in [9.17, 15) is 19.5 Å². The number of carboxylic acids is 1. The van der Waals surface area contributed by atoms with Gasteiger partial charge < -0.3 is 20.1 Å². The first-order chi connectivity index (χ1) is 14.4. The van der Waals surface area contributed by atoms with Crippen LogP contribution >= 0.6 is 15.9 Å². The third kappa shape index (κ3) is 5.18. The van der Waals surface area contributed by atoms with E-state index in [1.54, 1.807) is 49.4 Å².